The van der Waals surface area contributed by atoms with Crippen LogP contribution in [-0.2, 0) is 6.54 Å². The number of amides is 1. The lowest BCUT2D eigenvalue weighted by Gasteiger charge is -2.43. The molecule has 1 amide bonds. The largest absolute Gasteiger partial charge is 0.441 e. The van der Waals surface area contributed by atoms with Crippen LogP contribution in [0, 0.1) is 12.8 Å². The van der Waals surface area contributed by atoms with Gasteiger partial charge in [0.15, 0.2) is 11.5 Å². The Morgan fingerprint density at radius 2 is 2.10 bits per heavy atom. The van der Waals surface area contributed by atoms with E-state index in [4.69, 9.17) is 4.42 Å². The number of aryl methyl sites for hydroxylation is 1. The summed E-state index contributed by atoms with van der Waals surface area (Å²) < 4.78 is 7.47. The van der Waals surface area contributed by atoms with Gasteiger partial charge in [0, 0.05) is 56.1 Å². The van der Waals surface area contributed by atoms with E-state index in [1.165, 1.54) is 0 Å². The number of carbonyl (C=O) groups excluding carboxylic acids is 1. The zero-order valence-corrected chi connectivity index (χ0v) is 17.0. The Balaban J connectivity index is 1.31. The van der Waals surface area contributed by atoms with E-state index in [0.717, 1.165) is 17.6 Å². The highest BCUT2D eigenvalue weighted by atomic mass is 16.3. The molecule has 0 radical (unpaired) electrons. The van der Waals surface area contributed by atoms with Gasteiger partial charge in [-0.3, -0.25) is 9.59 Å². The predicted molar refractivity (Wildman–Crippen MR) is 114 cm³/mol. The third-order valence-electron chi connectivity index (χ3n) is 6.39. The molecule has 1 fully saturated rings. The summed E-state index contributed by atoms with van der Waals surface area (Å²) in [5.41, 5.74) is 3.54. The maximum Gasteiger partial charge on any atom is 0.261 e. The first kappa shape index (κ1) is 18.1. The second-order valence-corrected chi connectivity index (χ2v) is 8.45. The normalized spacial score (nSPS) is 20.1. The number of benzene rings is 1. The van der Waals surface area contributed by atoms with Gasteiger partial charge < -0.3 is 18.9 Å². The van der Waals surface area contributed by atoms with Crippen LogP contribution in [0.15, 0.2) is 51.9 Å². The van der Waals surface area contributed by atoms with Gasteiger partial charge in [0.05, 0.1) is 5.56 Å². The number of likely N-dealkylation sites (tertiary alicyclic amines) is 1. The molecule has 2 aliphatic heterocycles. The number of oxazole rings is 1. The highest BCUT2D eigenvalue weighted by Crippen LogP contribution is 2.36. The molecule has 0 saturated carbocycles. The maximum atomic E-state index is 13.3. The van der Waals surface area contributed by atoms with Crippen molar-refractivity contribution in [3.63, 3.8) is 0 Å². The summed E-state index contributed by atoms with van der Waals surface area (Å²) >= 11 is 0. The first-order valence-corrected chi connectivity index (χ1v) is 10.5. The minimum absolute atomic E-state index is 0.00587. The predicted octanol–water partition coefficient (Wildman–Crippen LogP) is 2.95. The van der Waals surface area contributed by atoms with Gasteiger partial charge in [-0.25, -0.2) is 9.97 Å². The van der Waals surface area contributed by atoms with Gasteiger partial charge in [-0.15, -0.1) is 0 Å². The molecule has 156 valence electrons. The fraction of sp³-hybridized carbons (Fsp3) is 0.304. The quantitative estimate of drug-likeness (QED) is 0.543. The monoisotopic (exact) mass is 415 g/mol. The van der Waals surface area contributed by atoms with Crippen LogP contribution in [0.5, 0.6) is 0 Å². The maximum absolute atomic E-state index is 13.3. The van der Waals surface area contributed by atoms with Crippen molar-refractivity contribution in [1.29, 1.82) is 0 Å². The lowest BCUT2D eigenvalue weighted by molar-refractivity contribution is 0.0594. The molecule has 0 unspecified atom stereocenters. The van der Waals surface area contributed by atoms with Crippen molar-refractivity contribution < 1.29 is 9.21 Å². The third kappa shape index (κ3) is 2.90. The van der Waals surface area contributed by atoms with Crippen LogP contribution in [-0.4, -0.2) is 43.4 Å². The number of carbonyl (C=O) groups is 1. The van der Waals surface area contributed by atoms with E-state index in [1.807, 2.05) is 33.7 Å². The first-order chi connectivity index (χ1) is 15.1. The molecule has 0 spiro atoms. The molecule has 1 aromatic carbocycles. The molecular weight excluding hydrogens is 394 g/mol. The highest BCUT2D eigenvalue weighted by molar-refractivity contribution is 5.97. The molecule has 3 aromatic heterocycles. The fourth-order valence-corrected chi connectivity index (χ4v) is 5.06. The summed E-state index contributed by atoms with van der Waals surface area (Å²) in [6, 6.07) is 9.27. The summed E-state index contributed by atoms with van der Waals surface area (Å²) in [5, 5.41) is 0. The number of nitrogens with zero attached hydrogens (tertiary/aromatic N) is 4. The summed E-state index contributed by atoms with van der Waals surface area (Å²) in [4.78, 5) is 39.8. The second-order valence-electron chi connectivity index (χ2n) is 8.45. The van der Waals surface area contributed by atoms with E-state index in [0.29, 0.717) is 48.1 Å². The van der Waals surface area contributed by atoms with Crippen molar-refractivity contribution in [1.82, 2.24) is 24.4 Å². The number of imidazole rings is 1. The van der Waals surface area contributed by atoms with Crippen molar-refractivity contribution in [3.8, 4) is 11.4 Å². The number of rotatable bonds is 2. The zero-order valence-electron chi connectivity index (χ0n) is 17.0. The number of aromatic nitrogens is 4. The Hall–Kier alpha value is -3.68. The molecule has 1 saturated heterocycles. The van der Waals surface area contributed by atoms with Crippen LogP contribution in [0.2, 0.25) is 0 Å². The average molecular weight is 415 g/mol. The van der Waals surface area contributed by atoms with Crippen LogP contribution in [0.3, 0.4) is 0 Å². The van der Waals surface area contributed by atoms with Gasteiger partial charge in [0.1, 0.15) is 11.3 Å². The van der Waals surface area contributed by atoms with Crippen LogP contribution < -0.4 is 5.56 Å². The fourth-order valence-electron chi connectivity index (χ4n) is 5.06. The van der Waals surface area contributed by atoms with E-state index in [1.54, 1.807) is 25.4 Å². The molecule has 2 aliphatic rings. The molecule has 5 heterocycles. The minimum atomic E-state index is -0.0203. The lowest BCUT2D eigenvalue weighted by atomic mass is 9.82. The third-order valence-corrected chi connectivity index (χ3v) is 6.39. The number of aromatic amines is 1. The Bertz CT molecular complexity index is 1370. The molecule has 31 heavy (non-hydrogen) atoms. The van der Waals surface area contributed by atoms with Crippen molar-refractivity contribution in [2.45, 2.75) is 25.8 Å². The summed E-state index contributed by atoms with van der Waals surface area (Å²) in [7, 11) is 0. The van der Waals surface area contributed by atoms with Gasteiger partial charge in [-0.2, -0.15) is 0 Å². The van der Waals surface area contributed by atoms with Gasteiger partial charge in [0.25, 0.3) is 11.5 Å². The van der Waals surface area contributed by atoms with Crippen LogP contribution in [0.1, 0.15) is 34.3 Å². The Kier molecular flexibility index (Phi) is 3.89. The van der Waals surface area contributed by atoms with E-state index in [-0.39, 0.29) is 23.3 Å². The van der Waals surface area contributed by atoms with Crippen LogP contribution in [0.4, 0.5) is 0 Å². The number of nitrogens with one attached hydrogen (secondary N) is 1. The first-order valence-electron chi connectivity index (χ1n) is 10.5. The number of hydrogen-bond donors (Lipinski definition) is 1. The number of hydrogen-bond acceptors (Lipinski definition) is 5. The molecule has 4 aromatic rings. The van der Waals surface area contributed by atoms with Crippen molar-refractivity contribution in [2.24, 2.45) is 5.92 Å². The second kappa shape index (κ2) is 6.66. The van der Waals surface area contributed by atoms with E-state index in [9.17, 15) is 9.59 Å². The molecule has 0 aliphatic carbocycles. The van der Waals surface area contributed by atoms with E-state index >= 15 is 0 Å². The summed E-state index contributed by atoms with van der Waals surface area (Å²) in [5.74, 6) is 1.56. The Morgan fingerprint density at radius 3 is 2.94 bits per heavy atom. The van der Waals surface area contributed by atoms with E-state index < -0.39 is 0 Å². The number of H-pyrrole nitrogens is 1. The number of piperidine rings is 1. The molecular formula is C23H21N5O3. The van der Waals surface area contributed by atoms with Gasteiger partial charge >= 0.3 is 0 Å². The Labute approximate surface area is 177 Å². The summed E-state index contributed by atoms with van der Waals surface area (Å²) in [6.45, 7) is 3.65. The van der Waals surface area contributed by atoms with Gasteiger partial charge in [-0.1, -0.05) is 0 Å². The van der Waals surface area contributed by atoms with E-state index in [2.05, 4.69) is 15.0 Å². The van der Waals surface area contributed by atoms with Crippen LogP contribution >= 0.6 is 0 Å². The molecule has 8 heteroatoms. The lowest BCUT2D eigenvalue weighted by Crippen LogP contribution is -2.49. The van der Waals surface area contributed by atoms with Gasteiger partial charge in [0.2, 0.25) is 0 Å². The summed E-state index contributed by atoms with van der Waals surface area (Å²) in [6.07, 6.45) is 4.35. The van der Waals surface area contributed by atoms with Crippen LogP contribution in [0.25, 0.3) is 22.5 Å². The zero-order chi connectivity index (χ0) is 21.1. The van der Waals surface area contributed by atoms with Crippen molar-refractivity contribution in [2.75, 3.05) is 13.1 Å². The Morgan fingerprint density at radius 1 is 1.19 bits per heavy atom. The average Bonchev–Trinajstić information content (AvgIpc) is 3.42. The molecule has 2 atom stereocenters. The number of pyridine rings is 1. The van der Waals surface area contributed by atoms with Crippen molar-refractivity contribution in [3.05, 3.63) is 70.2 Å². The SMILES string of the molecule is Cc1nc2ccc(C(=O)N3C[C@@H]4C[C@H](C3)c3ccc(-c5ncc[nH]5)c(=O)n3C4)cc2o1. The van der Waals surface area contributed by atoms with Crippen molar-refractivity contribution >= 4 is 17.0 Å². The molecule has 2 bridgehead atoms. The molecule has 8 nitrogen and oxygen atoms in total. The molecule has 1 N–H and O–H groups in total. The standard InChI is InChI=1S/C23H21N5O3/c1-13-26-18-4-2-15(9-20(18)31-13)22(29)27-10-14-8-16(12-27)19-5-3-17(21-24-6-7-25-21)23(30)28(19)11-14/h2-7,9,14,16H,8,10-12H2,1H3,(H,24,25)/t14-,16+/m0/s1. The highest BCUT2D eigenvalue weighted by Gasteiger charge is 2.37. The topological polar surface area (TPSA) is 97.0 Å². The smallest absolute Gasteiger partial charge is 0.261 e. The molecule has 6 rings (SSSR count). The minimum Gasteiger partial charge on any atom is -0.441 e. The number of fused-ring (bicyclic) bond motifs is 5. The van der Waals surface area contributed by atoms with Gasteiger partial charge in [-0.05, 0) is 42.7 Å².